The third-order valence-electron chi connectivity index (χ3n) is 2.51. The van der Waals surface area contributed by atoms with E-state index in [0.29, 0.717) is 10.6 Å². The van der Waals surface area contributed by atoms with Crippen LogP contribution < -0.4 is 5.32 Å². The molecule has 0 aliphatic heterocycles. The fourth-order valence-electron chi connectivity index (χ4n) is 1.35. The molecule has 0 aliphatic carbocycles. The molecule has 0 spiro atoms. The van der Waals surface area contributed by atoms with Crippen LogP contribution in [0.1, 0.15) is 24.2 Å². The number of aliphatic hydroxyl groups is 1. The Hall–Kier alpha value is -0.770. The molecule has 1 amide bonds. The molecule has 0 saturated carbocycles. The second-order valence-corrected chi connectivity index (χ2v) is 4.89. The van der Waals surface area contributed by atoms with Crippen molar-refractivity contribution in [2.24, 2.45) is 5.92 Å². The molecular weight excluding hydrogens is 261 g/mol. The van der Waals surface area contributed by atoms with Crippen molar-refractivity contribution < 1.29 is 9.90 Å². The summed E-state index contributed by atoms with van der Waals surface area (Å²) in [6.45, 7) is 3.73. The van der Waals surface area contributed by atoms with Crippen molar-refractivity contribution >= 4 is 29.1 Å². The Balaban J connectivity index is 2.86. The monoisotopic (exact) mass is 275 g/mol. The summed E-state index contributed by atoms with van der Waals surface area (Å²) in [6, 6.07) is 4.58. The van der Waals surface area contributed by atoms with Gasteiger partial charge in [-0.05, 0) is 18.1 Å². The molecular formula is C12H15Cl2NO2. The van der Waals surface area contributed by atoms with Crippen molar-refractivity contribution in [1.29, 1.82) is 0 Å². The van der Waals surface area contributed by atoms with Gasteiger partial charge in [0.05, 0.1) is 28.3 Å². The van der Waals surface area contributed by atoms with Gasteiger partial charge in [0.25, 0.3) is 5.91 Å². The largest absolute Gasteiger partial charge is 0.394 e. The predicted molar refractivity (Wildman–Crippen MR) is 69.6 cm³/mol. The molecule has 0 heterocycles. The molecule has 0 aromatic heterocycles. The summed E-state index contributed by atoms with van der Waals surface area (Å²) in [5, 5.41) is 12.4. The van der Waals surface area contributed by atoms with Crippen molar-refractivity contribution in [2.45, 2.75) is 19.9 Å². The SMILES string of the molecule is CC(C)C(CO)NC(=O)c1cccc(Cl)c1Cl. The van der Waals surface area contributed by atoms with Gasteiger partial charge in [0.15, 0.2) is 0 Å². The van der Waals surface area contributed by atoms with Crippen LogP contribution in [-0.2, 0) is 0 Å². The number of hydrogen-bond donors (Lipinski definition) is 2. The van der Waals surface area contributed by atoms with Crippen LogP contribution in [0.4, 0.5) is 0 Å². The first-order chi connectivity index (χ1) is 7.97. The van der Waals surface area contributed by atoms with E-state index in [-0.39, 0.29) is 29.5 Å². The van der Waals surface area contributed by atoms with Crippen LogP contribution in [0.25, 0.3) is 0 Å². The van der Waals surface area contributed by atoms with E-state index < -0.39 is 0 Å². The summed E-state index contributed by atoms with van der Waals surface area (Å²) in [5.41, 5.74) is 0.318. The van der Waals surface area contributed by atoms with Gasteiger partial charge in [0.1, 0.15) is 0 Å². The van der Waals surface area contributed by atoms with E-state index in [1.165, 1.54) is 0 Å². The maximum Gasteiger partial charge on any atom is 0.253 e. The van der Waals surface area contributed by atoms with Gasteiger partial charge in [-0.3, -0.25) is 4.79 Å². The first-order valence-electron chi connectivity index (χ1n) is 5.33. The summed E-state index contributed by atoms with van der Waals surface area (Å²) < 4.78 is 0. The van der Waals surface area contributed by atoms with Crippen molar-refractivity contribution in [3.05, 3.63) is 33.8 Å². The highest BCUT2D eigenvalue weighted by Gasteiger charge is 2.18. The second kappa shape index (κ2) is 6.24. The van der Waals surface area contributed by atoms with Crippen LogP contribution >= 0.6 is 23.2 Å². The van der Waals surface area contributed by atoms with E-state index >= 15 is 0 Å². The molecule has 17 heavy (non-hydrogen) atoms. The normalized spacial score (nSPS) is 12.6. The summed E-state index contributed by atoms with van der Waals surface area (Å²) in [7, 11) is 0. The second-order valence-electron chi connectivity index (χ2n) is 4.11. The molecule has 1 aromatic rings. The van der Waals surface area contributed by atoms with E-state index in [2.05, 4.69) is 5.32 Å². The zero-order chi connectivity index (χ0) is 13.0. The topological polar surface area (TPSA) is 49.3 Å². The Kier molecular flexibility index (Phi) is 5.25. The molecule has 0 aliphatic rings. The summed E-state index contributed by atoms with van der Waals surface area (Å²) >= 11 is 11.8. The van der Waals surface area contributed by atoms with E-state index in [9.17, 15) is 4.79 Å². The zero-order valence-corrected chi connectivity index (χ0v) is 11.2. The maximum absolute atomic E-state index is 11.9. The summed E-state index contributed by atoms with van der Waals surface area (Å²) in [5.74, 6) is -0.188. The molecule has 0 fully saturated rings. The molecule has 0 bridgehead atoms. The van der Waals surface area contributed by atoms with Gasteiger partial charge in [-0.15, -0.1) is 0 Å². The average molecular weight is 276 g/mol. The molecule has 3 nitrogen and oxygen atoms in total. The summed E-state index contributed by atoms with van der Waals surface area (Å²) in [4.78, 5) is 11.9. The first-order valence-corrected chi connectivity index (χ1v) is 6.08. The van der Waals surface area contributed by atoms with Crippen LogP contribution in [0.2, 0.25) is 10.0 Å². The molecule has 1 unspecified atom stereocenters. The number of nitrogens with one attached hydrogen (secondary N) is 1. The Morgan fingerprint density at radius 1 is 1.41 bits per heavy atom. The van der Waals surface area contributed by atoms with E-state index in [0.717, 1.165) is 0 Å². The number of hydrogen-bond acceptors (Lipinski definition) is 2. The van der Waals surface area contributed by atoms with Crippen LogP contribution in [0.3, 0.4) is 0 Å². The van der Waals surface area contributed by atoms with Crippen molar-refractivity contribution in [3.8, 4) is 0 Å². The van der Waals surface area contributed by atoms with Gasteiger partial charge in [-0.1, -0.05) is 43.1 Å². The van der Waals surface area contributed by atoms with Gasteiger partial charge in [0.2, 0.25) is 0 Å². The number of rotatable bonds is 4. The van der Waals surface area contributed by atoms with Gasteiger partial charge in [-0.25, -0.2) is 0 Å². The van der Waals surface area contributed by atoms with Crippen molar-refractivity contribution in [1.82, 2.24) is 5.32 Å². The highest BCUT2D eigenvalue weighted by Crippen LogP contribution is 2.25. The number of aliphatic hydroxyl groups excluding tert-OH is 1. The lowest BCUT2D eigenvalue weighted by atomic mass is 10.0. The Morgan fingerprint density at radius 2 is 2.06 bits per heavy atom. The van der Waals surface area contributed by atoms with Gasteiger partial charge >= 0.3 is 0 Å². The Bertz CT molecular complexity index is 407. The molecule has 1 atom stereocenters. The lowest BCUT2D eigenvalue weighted by Crippen LogP contribution is -2.41. The zero-order valence-electron chi connectivity index (χ0n) is 9.71. The molecule has 2 N–H and O–H groups in total. The number of amides is 1. The number of carbonyl (C=O) groups is 1. The lowest BCUT2D eigenvalue weighted by Gasteiger charge is -2.20. The molecule has 5 heteroatoms. The number of carbonyl (C=O) groups excluding carboxylic acids is 1. The van der Waals surface area contributed by atoms with Gasteiger partial charge in [0, 0.05) is 0 Å². The minimum absolute atomic E-state index is 0.110. The lowest BCUT2D eigenvalue weighted by molar-refractivity contribution is 0.0897. The first kappa shape index (κ1) is 14.3. The standard InChI is InChI=1S/C12H15Cl2NO2/c1-7(2)10(6-16)15-12(17)8-4-3-5-9(13)11(8)14/h3-5,7,10,16H,6H2,1-2H3,(H,15,17). The number of benzene rings is 1. The van der Waals surface area contributed by atoms with Crippen LogP contribution in [0, 0.1) is 5.92 Å². The highest BCUT2D eigenvalue weighted by molar-refractivity contribution is 6.43. The quantitative estimate of drug-likeness (QED) is 0.888. The summed E-state index contributed by atoms with van der Waals surface area (Å²) in [6.07, 6.45) is 0. The molecule has 1 aromatic carbocycles. The predicted octanol–water partition coefficient (Wildman–Crippen LogP) is 2.74. The van der Waals surface area contributed by atoms with E-state index in [1.54, 1.807) is 18.2 Å². The number of halogens is 2. The third kappa shape index (κ3) is 3.60. The van der Waals surface area contributed by atoms with Crippen LogP contribution in [0.5, 0.6) is 0 Å². The molecule has 0 radical (unpaired) electrons. The van der Waals surface area contributed by atoms with Crippen molar-refractivity contribution in [2.75, 3.05) is 6.61 Å². The van der Waals surface area contributed by atoms with E-state index in [4.69, 9.17) is 28.3 Å². The fraction of sp³-hybridized carbons (Fsp3) is 0.417. The maximum atomic E-state index is 11.9. The average Bonchev–Trinajstić information content (AvgIpc) is 2.28. The van der Waals surface area contributed by atoms with Crippen molar-refractivity contribution in [3.63, 3.8) is 0 Å². The molecule has 94 valence electrons. The Morgan fingerprint density at radius 3 is 2.59 bits per heavy atom. The minimum Gasteiger partial charge on any atom is -0.394 e. The third-order valence-corrected chi connectivity index (χ3v) is 3.33. The Labute approximate surface area is 111 Å². The van der Waals surface area contributed by atoms with Crippen LogP contribution in [-0.4, -0.2) is 23.7 Å². The van der Waals surface area contributed by atoms with Crippen LogP contribution in [0.15, 0.2) is 18.2 Å². The smallest absolute Gasteiger partial charge is 0.253 e. The highest BCUT2D eigenvalue weighted by atomic mass is 35.5. The van der Waals surface area contributed by atoms with Gasteiger partial charge < -0.3 is 10.4 Å². The minimum atomic E-state index is -0.328. The molecule has 0 saturated heterocycles. The molecule has 1 rings (SSSR count). The van der Waals surface area contributed by atoms with Gasteiger partial charge in [-0.2, -0.15) is 0 Å². The van der Waals surface area contributed by atoms with E-state index in [1.807, 2.05) is 13.8 Å². The fourth-order valence-corrected chi connectivity index (χ4v) is 1.73.